The van der Waals surface area contributed by atoms with Crippen molar-refractivity contribution in [3.8, 4) is 0 Å². The molecule has 0 spiro atoms. The Hall–Kier alpha value is -3.15. The summed E-state index contributed by atoms with van der Waals surface area (Å²) in [5.41, 5.74) is 0. The van der Waals surface area contributed by atoms with Gasteiger partial charge in [-0.15, -0.1) is 0 Å². The normalized spacial score (nSPS) is 21.1. The van der Waals surface area contributed by atoms with E-state index < -0.39 is 18.1 Å². The van der Waals surface area contributed by atoms with Gasteiger partial charge in [-0.3, -0.25) is 28.8 Å². The molecule has 0 aromatic rings. The number of nitrogens with zero attached hydrogens (tertiary/aromatic N) is 1. The van der Waals surface area contributed by atoms with Gasteiger partial charge in [0, 0.05) is 12.6 Å². The van der Waals surface area contributed by atoms with E-state index in [1.165, 1.54) is 75.0 Å². The third-order valence-electron chi connectivity index (χ3n) is 11.2. The zero-order chi connectivity index (χ0) is 41.3. The van der Waals surface area contributed by atoms with Crippen LogP contribution in [0.3, 0.4) is 0 Å². The minimum absolute atomic E-state index is 0.00564. The summed E-state index contributed by atoms with van der Waals surface area (Å²) in [6, 6.07) is -1.39. The lowest BCUT2D eigenvalue weighted by atomic mass is 9.80. The summed E-state index contributed by atoms with van der Waals surface area (Å²) in [7, 11) is 0. The summed E-state index contributed by atoms with van der Waals surface area (Å²) in [5.74, 6) is 0.0794. The van der Waals surface area contributed by atoms with Gasteiger partial charge in [0.05, 0.1) is 17.5 Å². The van der Waals surface area contributed by atoms with Gasteiger partial charge in [-0.1, -0.05) is 129 Å². The maximum Gasteiger partial charge on any atom is 0.258 e. The standard InChI is InChI=1S/C30H46N4O5S.C7H14.C4H7NO.C3H8/c1-4-11-25(40-5-2)29(38)33-27(22-14-7-6-8-15-22)30(39)31-19-26(36)34-17-10-16-24(34)28(37)32-23(20(3)35)18-21-12-9-13-21;1-7-5-3-2-4-6-7;6-3-5-4-1-2-4;1-3-2/h5,11,21-24,27H,2,4,6-10,12-19H2,1,3H3,(H,31,39)(H,32,37)(H,33,38);7H,2-6H2,1H3;3-4H,1-2H2,(H,5,6);3H2,1-2H3/b25-11-;;;. The average molecular weight is 802 g/mol. The van der Waals surface area contributed by atoms with Gasteiger partial charge in [0.15, 0.2) is 5.78 Å². The Morgan fingerprint density at radius 2 is 1.45 bits per heavy atom. The molecule has 0 bridgehead atoms. The van der Waals surface area contributed by atoms with Crippen LogP contribution < -0.4 is 21.3 Å². The van der Waals surface area contributed by atoms with Crippen LogP contribution in [-0.2, 0) is 28.8 Å². The van der Waals surface area contributed by atoms with Crippen molar-refractivity contribution in [2.24, 2.45) is 17.8 Å². The molecule has 0 aromatic carbocycles. The van der Waals surface area contributed by atoms with E-state index in [4.69, 9.17) is 0 Å². The fourth-order valence-electron chi connectivity index (χ4n) is 7.57. The quantitative estimate of drug-likeness (QED) is 0.0932. The summed E-state index contributed by atoms with van der Waals surface area (Å²) in [4.78, 5) is 76.3. The number of hydrogen-bond donors (Lipinski definition) is 4. The predicted molar refractivity (Wildman–Crippen MR) is 227 cm³/mol. The minimum Gasteiger partial charge on any atom is -0.356 e. The summed E-state index contributed by atoms with van der Waals surface area (Å²) >= 11 is 1.22. The third kappa shape index (κ3) is 18.9. The topological polar surface area (TPSA) is 154 Å². The lowest BCUT2D eigenvalue weighted by Gasteiger charge is -2.31. The Morgan fingerprint density at radius 3 is 1.91 bits per heavy atom. The van der Waals surface area contributed by atoms with Crippen LogP contribution in [0, 0.1) is 17.8 Å². The largest absolute Gasteiger partial charge is 0.356 e. The number of hydrogen-bond acceptors (Lipinski definition) is 7. The van der Waals surface area contributed by atoms with Gasteiger partial charge in [0.1, 0.15) is 12.1 Å². The number of rotatable bonds is 16. The molecule has 3 atom stereocenters. The molecule has 5 aliphatic rings. The number of Topliss-reactive ketones (excluding diaryl/α,β-unsaturated/α-hetero) is 1. The van der Waals surface area contributed by atoms with Gasteiger partial charge >= 0.3 is 0 Å². The smallest absolute Gasteiger partial charge is 0.258 e. The Labute approximate surface area is 342 Å². The molecule has 5 fully saturated rings. The maximum atomic E-state index is 13.3. The second-order valence-corrected chi connectivity index (χ2v) is 17.3. The van der Waals surface area contributed by atoms with E-state index in [9.17, 15) is 28.8 Å². The SMILES string of the molecule is C=CS/C(=C\CC)C(=O)NC(C(=O)NCC(=O)N1CCCC1C(=O)NC(CC1CCC1)C(C)=O)C1CCCCC1.CC1CCCCC1.CCC.O=CNC1CC1. The van der Waals surface area contributed by atoms with Crippen molar-refractivity contribution in [1.29, 1.82) is 0 Å². The molecule has 5 amide bonds. The molecule has 1 heterocycles. The van der Waals surface area contributed by atoms with E-state index in [1.807, 2.05) is 13.0 Å². The number of thioether (sulfide) groups is 1. The van der Waals surface area contributed by atoms with Crippen LogP contribution >= 0.6 is 11.8 Å². The lowest BCUT2D eigenvalue weighted by Crippen LogP contribution is -2.55. The average Bonchev–Trinajstić information content (AvgIpc) is 3.85. The number of amides is 5. The number of nitrogens with one attached hydrogen (secondary N) is 4. The molecule has 4 N–H and O–H groups in total. The molecule has 12 heteroatoms. The van der Waals surface area contributed by atoms with E-state index in [1.54, 1.807) is 5.41 Å². The van der Waals surface area contributed by atoms with Gasteiger partial charge in [0.25, 0.3) is 5.91 Å². The van der Waals surface area contributed by atoms with Crippen LogP contribution in [0.5, 0.6) is 0 Å². The molecule has 0 radical (unpaired) electrons. The zero-order valence-corrected chi connectivity index (χ0v) is 36.2. The second-order valence-electron chi connectivity index (χ2n) is 16.3. The summed E-state index contributed by atoms with van der Waals surface area (Å²) in [6.07, 6.45) is 24.2. The van der Waals surface area contributed by atoms with Crippen LogP contribution in [0.4, 0.5) is 0 Å². The molecule has 5 rings (SSSR count). The first kappa shape index (κ1) is 49.0. The highest BCUT2D eigenvalue weighted by molar-refractivity contribution is 8.06. The lowest BCUT2D eigenvalue weighted by molar-refractivity contribution is -0.140. The van der Waals surface area contributed by atoms with E-state index in [2.05, 4.69) is 48.6 Å². The van der Waals surface area contributed by atoms with Gasteiger partial charge < -0.3 is 26.2 Å². The van der Waals surface area contributed by atoms with Crippen molar-refractivity contribution in [2.75, 3.05) is 13.1 Å². The summed E-state index contributed by atoms with van der Waals surface area (Å²) in [6.45, 7) is 13.9. The summed E-state index contributed by atoms with van der Waals surface area (Å²) in [5, 5.41) is 12.8. The Balaban J connectivity index is 0.000000556. The Morgan fingerprint density at radius 1 is 0.821 bits per heavy atom. The van der Waals surface area contributed by atoms with Crippen LogP contribution in [0.25, 0.3) is 0 Å². The van der Waals surface area contributed by atoms with Crippen molar-refractivity contribution in [3.63, 3.8) is 0 Å². The fraction of sp³-hybridized carbons (Fsp3) is 0.773. The Bertz CT molecular complexity index is 1260. The molecule has 56 heavy (non-hydrogen) atoms. The molecule has 318 valence electrons. The third-order valence-corrected chi connectivity index (χ3v) is 12.0. The van der Waals surface area contributed by atoms with Gasteiger partial charge in [-0.2, -0.15) is 0 Å². The highest BCUT2D eigenvalue weighted by Crippen LogP contribution is 2.31. The highest BCUT2D eigenvalue weighted by atomic mass is 32.2. The molecule has 11 nitrogen and oxygen atoms in total. The van der Waals surface area contributed by atoms with Gasteiger partial charge in [-0.05, 0) is 81.5 Å². The Kier molecular flexibility index (Phi) is 24.7. The second kappa shape index (κ2) is 28.3. The summed E-state index contributed by atoms with van der Waals surface area (Å²) < 4.78 is 0. The molecular formula is C44H75N5O6S. The number of allylic oxidation sites excluding steroid dienone is 1. The molecule has 1 saturated heterocycles. The van der Waals surface area contributed by atoms with Crippen molar-refractivity contribution in [1.82, 2.24) is 26.2 Å². The zero-order valence-electron chi connectivity index (χ0n) is 35.3. The molecule has 4 saturated carbocycles. The molecule has 4 aliphatic carbocycles. The molecule has 1 aliphatic heterocycles. The molecule has 0 aromatic heterocycles. The van der Waals surface area contributed by atoms with E-state index in [0.29, 0.717) is 49.1 Å². The maximum absolute atomic E-state index is 13.3. The molecular weight excluding hydrogens is 727 g/mol. The van der Waals surface area contributed by atoms with Crippen molar-refractivity contribution >= 4 is 47.6 Å². The van der Waals surface area contributed by atoms with Crippen LogP contribution in [0.1, 0.15) is 163 Å². The fourth-order valence-corrected chi connectivity index (χ4v) is 8.18. The van der Waals surface area contributed by atoms with Crippen LogP contribution in [-0.4, -0.2) is 78.0 Å². The van der Waals surface area contributed by atoms with Gasteiger partial charge in [-0.25, -0.2) is 0 Å². The number of carbonyl (C=O) groups excluding carboxylic acids is 6. The number of ketones is 1. The van der Waals surface area contributed by atoms with E-state index in [-0.39, 0.29) is 41.9 Å². The number of likely N-dealkylation sites (tertiary alicyclic amines) is 1. The van der Waals surface area contributed by atoms with Gasteiger partial charge in [0.2, 0.25) is 24.1 Å². The van der Waals surface area contributed by atoms with E-state index >= 15 is 0 Å². The first-order valence-corrected chi connectivity index (χ1v) is 22.7. The predicted octanol–water partition coefficient (Wildman–Crippen LogP) is 7.49. The monoisotopic (exact) mass is 802 g/mol. The number of carbonyl (C=O) groups is 6. The first-order chi connectivity index (χ1) is 27.0. The minimum atomic E-state index is -0.744. The van der Waals surface area contributed by atoms with E-state index in [0.717, 1.165) is 63.7 Å². The van der Waals surface area contributed by atoms with Crippen LogP contribution in [0.2, 0.25) is 0 Å². The van der Waals surface area contributed by atoms with Crippen molar-refractivity contribution < 1.29 is 28.8 Å². The highest BCUT2D eigenvalue weighted by Gasteiger charge is 2.37. The van der Waals surface area contributed by atoms with Crippen molar-refractivity contribution in [3.05, 3.63) is 23.0 Å². The van der Waals surface area contributed by atoms with Crippen LogP contribution in [0.15, 0.2) is 23.0 Å². The molecule has 3 unspecified atom stereocenters. The van der Waals surface area contributed by atoms with Crippen molar-refractivity contribution in [2.45, 2.75) is 187 Å². The first-order valence-electron chi connectivity index (χ1n) is 21.8.